The second-order valence-corrected chi connectivity index (χ2v) is 7.23. The molecule has 1 heterocycles. The molecule has 4 nitrogen and oxygen atoms in total. The molecule has 0 aliphatic carbocycles. The summed E-state index contributed by atoms with van der Waals surface area (Å²) in [5, 5.41) is 0.383. The molecule has 1 amide bonds. The highest BCUT2D eigenvalue weighted by molar-refractivity contribution is 7.89. The van der Waals surface area contributed by atoms with Crippen molar-refractivity contribution < 1.29 is 17.6 Å². The number of hydrogen-bond donors (Lipinski definition) is 0. The van der Waals surface area contributed by atoms with E-state index in [2.05, 4.69) is 0 Å². The SMILES string of the molecule is O=C1Cc2cc(Cl)ccc2S(=O)(=O)N1Cc1ccc(F)cc1. The average molecular weight is 340 g/mol. The zero-order valence-corrected chi connectivity index (χ0v) is 12.9. The van der Waals surface area contributed by atoms with E-state index in [1.807, 2.05) is 0 Å². The third kappa shape index (κ3) is 2.60. The van der Waals surface area contributed by atoms with E-state index in [1.165, 1.54) is 42.5 Å². The molecule has 0 spiro atoms. The van der Waals surface area contributed by atoms with Gasteiger partial charge in [0.2, 0.25) is 5.91 Å². The van der Waals surface area contributed by atoms with Crippen LogP contribution in [0.4, 0.5) is 4.39 Å². The second-order valence-electron chi connectivity index (χ2n) is 4.96. The quantitative estimate of drug-likeness (QED) is 0.845. The van der Waals surface area contributed by atoms with E-state index in [-0.39, 0.29) is 17.9 Å². The maximum atomic E-state index is 12.9. The van der Waals surface area contributed by atoms with Gasteiger partial charge in [-0.2, -0.15) is 0 Å². The molecule has 0 fully saturated rings. The number of rotatable bonds is 2. The van der Waals surface area contributed by atoms with Crippen molar-refractivity contribution in [1.82, 2.24) is 4.31 Å². The highest BCUT2D eigenvalue weighted by Crippen LogP contribution is 2.30. The molecule has 2 aromatic rings. The third-order valence-electron chi connectivity index (χ3n) is 3.45. The number of carbonyl (C=O) groups is 1. The van der Waals surface area contributed by atoms with E-state index in [9.17, 15) is 17.6 Å². The van der Waals surface area contributed by atoms with Gasteiger partial charge in [0.25, 0.3) is 10.0 Å². The molecule has 7 heteroatoms. The summed E-state index contributed by atoms with van der Waals surface area (Å²) in [6.45, 7) is -0.122. The number of carbonyl (C=O) groups excluding carboxylic acids is 1. The highest BCUT2D eigenvalue weighted by Gasteiger charge is 2.36. The number of benzene rings is 2. The second kappa shape index (κ2) is 5.37. The van der Waals surface area contributed by atoms with Gasteiger partial charge in [-0.15, -0.1) is 0 Å². The highest BCUT2D eigenvalue weighted by atomic mass is 35.5. The summed E-state index contributed by atoms with van der Waals surface area (Å²) < 4.78 is 38.9. The summed E-state index contributed by atoms with van der Waals surface area (Å²) in [7, 11) is -3.93. The smallest absolute Gasteiger partial charge is 0.267 e. The van der Waals surface area contributed by atoms with Crippen LogP contribution in [0, 0.1) is 5.82 Å². The van der Waals surface area contributed by atoms with Crippen LogP contribution in [0.2, 0.25) is 5.02 Å². The number of nitrogens with zero attached hydrogens (tertiary/aromatic N) is 1. The van der Waals surface area contributed by atoms with Crippen LogP contribution < -0.4 is 0 Å². The van der Waals surface area contributed by atoms with Gasteiger partial charge in [-0.3, -0.25) is 4.79 Å². The van der Waals surface area contributed by atoms with Gasteiger partial charge in [0.05, 0.1) is 17.9 Å². The van der Waals surface area contributed by atoms with Gasteiger partial charge in [-0.1, -0.05) is 23.7 Å². The lowest BCUT2D eigenvalue weighted by molar-refractivity contribution is -0.126. The number of hydrogen-bond acceptors (Lipinski definition) is 3. The number of fused-ring (bicyclic) bond motifs is 1. The van der Waals surface area contributed by atoms with E-state index in [0.29, 0.717) is 16.1 Å². The average Bonchev–Trinajstić information content (AvgIpc) is 2.45. The van der Waals surface area contributed by atoms with E-state index in [4.69, 9.17) is 11.6 Å². The van der Waals surface area contributed by atoms with Gasteiger partial charge >= 0.3 is 0 Å². The molecule has 0 N–H and O–H groups in total. The fourth-order valence-electron chi connectivity index (χ4n) is 2.37. The van der Waals surface area contributed by atoms with Crippen molar-refractivity contribution in [3.05, 3.63) is 64.4 Å². The first-order valence-electron chi connectivity index (χ1n) is 6.46. The van der Waals surface area contributed by atoms with Crippen molar-refractivity contribution in [2.24, 2.45) is 0 Å². The first-order valence-corrected chi connectivity index (χ1v) is 8.28. The van der Waals surface area contributed by atoms with Gasteiger partial charge in [0.1, 0.15) is 5.82 Å². The van der Waals surface area contributed by atoms with Gasteiger partial charge in [0.15, 0.2) is 0 Å². The lowest BCUT2D eigenvalue weighted by Gasteiger charge is -2.28. The molecular formula is C15H11ClFNO3S. The van der Waals surface area contributed by atoms with Crippen molar-refractivity contribution in [1.29, 1.82) is 0 Å². The minimum Gasteiger partial charge on any atom is -0.273 e. The van der Waals surface area contributed by atoms with Crippen molar-refractivity contribution in [3.63, 3.8) is 0 Å². The Bertz CT molecular complexity index is 850. The van der Waals surface area contributed by atoms with Crippen molar-refractivity contribution >= 4 is 27.5 Å². The van der Waals surface area contributed by atoms with Crippen molar-refractivity contribution in [2.45, 2.75) is 17.9 Å². The monoisotopic (exact) mass is 339 g/mol. The first kappa shape index (κ1) is 15.0. The molecule has 0 bridgehead atoms. The predicted octanol–water partition coefficient (Wildman–Crippen LogP) is 2.75. The van der Waals surface area contributed by atoms with Gasteiger partial charge in [-0.25, -0.2) is 17.1 Å². The minimum absolute atomic E-state index is 0.0314. The Morgan fingerprint density at radius 1 is 1.14 bits per heavy atom. The molecule has 2 aromatic carbocycles. The Kier molecular flexibility index (Phi) is 3.66. The fourth-order valence-corrected chi connectivity index (χ4v) is 4.16. The largest absolute Gasteiger partial charge is 0.273 e. The Balaban J connectivity index is 2.00. The number of sulfonamides is 1. The van der Waals surface area contributed by atoms with Crippen LogP contribution in [0.5, 0.6) is 0 Å². The molecule has 0 saturated heterocycles. The van der Waals surface area contributed by atoms with Gasteiger partial charge in [0, 0.05) is 5.02 Å². The number of amides is 1. The molecule has 0 aromatic heterocycles. The number of halogens is 2. The van der Waals surface area contributed by atoms with Crippen LogP contribution in [0.3, 0.4) is 0 Å². The lowest BCUT2D eigenvalue weighted by atomic mass is 10.1. The van der Waals surface area contributed by atoms with E-state index in [1.54, 1.807) is 0 Å². The molecule has 0 unspecified atom stereocenters. The maximum absolute atomic E-state index is 12.9. The molecule has 114 valence electrons. The van der Waals surface area contributed by atoms with Crippen LogP contribution >= 0.6 is 11.6 Å². The van der Waals surface area contributed by atoms with Crippen LogP contribution in [0.15, 0.2) is 47.4 Å². The molecule has 0 radical (unpaired) electrons. The lowest BCUT2D eigenvalue weighted by Crippen LogP contribution is -2.41. The summed E-state index contributed by atoms with van der Waals surface area (Å²) >= 11 is 5.84. The summed E-state index contributed by atoms with van der Waals surface area (Å²) in [4.78, 5) is 12.3. The van der Waals surface area contributed by atoms with Crippen molar-refractivity contribution in [3.8, 4) is 0 Å². The summed E-state index contributed by atoms with van der Waals surface area (Å²) in [5.74, 6) is -0.948. The minimum atomic E-state index is -3.93. The first-order chi connectivity index (χ1) is 10.4. The standard InChI is InChI=1S/C15H11ClFNO3S/c16-12-3-6-14-11(7-12)8-15(19)18(22(14,20)21)9-10-1-4-13(17)5-2-10/h1-7H,8-9H2. The molecule has 22 heavy (non-hydrogen) atoms. The van der Waals surface area contributed by atoms with Crippen LogP contribution in [-0.4, -0.2) is 18.6 Å². The molecular weight excluding hydrogens is 329 g/mol. The van der Waals surface area contributed by atoms with E-state index in [0.717, 1.165) is 4.31 Å². The molecule has 3 rings (SSSR count). The summed E-state index contributed by atoms with van der Waals surface area (Å²) in [6.07, 6.45) is -0.0314. The molecule has 1 aliphatic heterocycles. The van der Waals surface area contributed by atoms with Crippen LogP contribution in [-0.2, 0) is 27.8 Å². The van der Waals surface area contributed by atoms with E-state index < -0.39 is 21.7 Å². The Morgan fingerprint density at radius 3 is 2.50 bits per heavy atom. The predicted molar refractivity (Wildman–Crippen MR) is 79.3 cm³/mol. The van der Waals surface area contributed by atoms with Crippen LogP contribution in [0.25, 0.3) is 0 Å². The Hall–Kier alpha value is -1.92. The van der Waals surface area contributed by atoms with Gasteiger partial charge < -0.3 is 0 Å². The Labute approximate surface area is 132 Å². The van der Waals surface area contributed by atoms with Crippen LogP contribution in [0.1, 0.15) is 11.1 Å². The molecule has 0 atom stereocenters. The molecule has 0 saturated carbocycles. The third-order valence-corrected chi connectivity index (χ3v) is 5.55. The fraction of sp³-hybridized carbons (Fsp3) is 0.133. The summed E-state index contributed by atoms with van der Waals surface area (Å²) in [5.41, 5.74) is 0.934. The summed E-state index contributed by atoms with van der Waals surface area (Å²) in [6, 6.07) is 9.72. The zero-order chi connectivity index (χ0) is 15.9. The zero-order valence-electron chi connectivity index (χ0n) is 11.3. The Morgan fingerprint density at radius 2 is 1.82 bits per heavy atom. The van der Waals surface area contributed by atoms with Gasteiger partial charge in [-0.05, 0) is 41.5 Å². The van der Waals surface area contributed by atoms with E-state index >= 15 is 0 Å². The molecule has 1 aliphatic rings. The van der Waals surface area contributed by atoms with Crippen molar-refractivity contribution in [2.75, 3.05) is 0 Å². The normalized spacial score (nSPS) is 16.5. The topological polar surface area (TPSA) is 54.5 Å². The maximum Gasteiger partial charge on any atom is 0.267 e.